The average molecular weight is 1460 g/mol. The van der Waals surface area contributed by atoms with Crippen LogP contribution in [0.2, 0.25) is 0 Å². The first-order chi connectivity index (χ1) is 49.9. The molecule has 3 aromatic carbocycles. The Morgan fingerprint density at radius 2 is 0.596 bits per heavy atom. The molecule has 3 rings (SSSR count). The van der Waals surface area contributed by atoms with Crippen molar-refractivity contribution in [2.24, 2.45) is 0 Å². The van der Waals surface area contributed by atoms with E-state index in [0.29, 0.717) is 79.0 Å². The van der Waals surface area contributed by atoms with Crippen molar-refractivity contribution in [3.05, 3.63) is 257 Å². The lowest BCUT2D eigenvalue weighted by molar-refractivity contribution is -0.139. The summed E-state index contributed by atoms with van der Waals surface area (Å²) in [5.41, 5.74) is 5.19. The highest BCUT2D eigenvalue weighted by Crippen LogP contribution is 2.46. The van der Waals surface area contributed by atoms with E-state index in [1.165, 1.54) is 44.6 Å². The van der Waals surface area contributed by atoms with Gasteiger partial charge in [-0.25, -0.2) is 24.0 Å². The largest absolute Gasteiger partial charge is 0.463 e. The van der Waals surface area contributed by atoms with Crippen molar-refractivity contribution in [3.8, 4) is 0 Å². The van der Waals surface area contributed by atoms with E-state index < -0.39 is 19.5 Å². The SMILES string of the molecule is CCOC(=O)/C(C)=C/C=C/C(OC)OC.CCOC(=O)/C(C)=C/C=C/C=C(\C)C(=O)OCC.CCOC(=O)/C(C)=C/C=C/C=O.CCOC(=O)C(C)=P(c1ccccc1)(c1ccccc1)c1ccccc1.COC(/C=C/C=O)OC.C\C(=C/C=C/C=C(\C)CO)CO.C\C(C=O)=C/C=C/C=C(\C)C=O. The number of methoxy groups -OCH3 is 4. The number of carbonyl (C=O) groups is 9. The molecule has 104 heavy (non-hydrogen) atoms. The molecule has 3 aromatic rings. The van der Waals surface area contributed by atoms with Crippen LogP contribution in [0.15, 0.2) is 257 Å². The molecule has 0 unspecified atom stereocenters. The zero-order valence-corrected chi connectivity index (χ0v) is 64.7. The molecule has 0 saturated carbocycles. The summed E-state index contributed by atoms with van der Waals surface area (Å²) in [5, 5.41) is 21.5. The predicted molar refractivity (Wildman–Crippen MR) is 418 cm³/mol. The molecule has 0 heterocycles. The second-order valence-electron chi connectivity index (χ2n) is 20.9. The number of rotatable bonds is 33. The van der Waals surface area contributed by atoms with E-state index in [1.807, 2.05) is 107 Å². The van der Waals surface area contributed by atoms with Crippen molar-refractivity contribution in [3.63, 3.8) is 0 Å². The molecule has 0 aliphatic carbocycles. The van der Waals surface area contributed by atoms with Crippen LogP contribution in [0.25, 0.3) is 0 Å². The first-order valence-electron chi connectivity index (χ1n) is 33.1. The zero-order chi connectivity index (χ0) is 79.4. The molecule has 0 amide bonds. The van der Waals surface area contributed by atoms with E-state index in [2.05, 4.69) is 36.4 Å². The van der Waals surface area contributed by atoms with Crippen molar-refractivity contribution in [1.82, 2.24) is 0 Å². The normalized spacial score (nSPS) is 12.2. The van der Waals surface area contributed by atoms with Crippen LogP contribution < -0.4 is 15.9 Å². The molecule has 0 fully saturated rings. The Kier molecular flexibility index (Phi) is 65.3. The number of aliphatic hydroxyl groups is 2. The minimum Gasteiger partial charge on any atom is -0.463 e. The van der Waals surface area contributed by atoms with Crippen LogP contribution in [0.1, 0.15) is 96.9 Å². The van der Waals surface area contributed by atoms with Gasteiger partial charge in [-0.15, -0.1) is 0 Å². The fraction of sp³-hybridized carbons (Fsp3) is 0.325. The van der Waals surface area contributed by atoms with Crippen molar-refractivity contribution in [2.75, 3.05) is 74.7 Å². The van der Waals surface area contributed by atoms with Gasteiger partial charge >= 0.3 is 29.8 Å². The van der Waals surface area contributed by atoms with Crippen LogP contribution in [0.4, 0.5) is 0 Å². The van der Waals surface area contributed by atoms with Gasteiger partial charge < -0.3 is 52.8 Å². The van der Waals surface area contributed by atoms with Gasteiger partial charge in [0.1, 0.15) is 25.1 Å². The van der Waals surface area contributed by atoms with Crippen LogP contribution in [0.5, 0.6) is 0 Å². The van der Waals surface area contributed by atoms with Crippen molar-refractivity contribution < 1.29 is 96.0 Å². The van der Waals surface area contributed by atoms with Crippen molar-refractivity contribution in [1.29, 1.82) is 0 Å². The quantitative estimate of drug-likeness (QED) is 0.0109. The van der Waals surface area contributed by atoms with Crippen LogP contribution in [0.3, 0.4) is 0 Å². The molecule has 0 atom stereocenters. The summed E-state index contributed by atoms with van der Waals surface area (Å²) in [4.78, 5) is 97.3. The Balaban J connectivity index is -0.000000578. The second-order valence-corrected chi connectivity index (χ2v) is 24.5. The number of ether oxygens (including phenoxy) is 9. The summed E-state index contributed by atoms with van der Waals surface area (Å²) in [5.74, 6) is -1.57. The maximum atomic E-state index is 12.9. The Hall–Kier alpha value is -9.89. The minimum absolute atomic E-state index is 0.0903. The van der Waals surface area contributed by atoms with Crippen molar-refractivity contribution in [2.45, 2.75) is 110 Å². The molecule has 0 aliphatic rings. The molecule has 2 N–H and O–H groups in total. The lowest BCUT2D eigenvalue weighted by Gasteiger charge is -2.31. The maximum absolute atomic E-state index is 12.9. The summed E-state index contributed by atoms with van der Waals surface area (Å²) in [6.45, 7) is 24.3. The molecule has 21 heteroatoms. The van der Waals surface area contributed by atoms with E-state index in [9.17, 15) is 43.2 Å². The first kappa shape index (κ1) is 100. The third-order valence-electron chi connectivity index (χ3n) is 12.7. The summed E-state index contributed by atoms with van der Waals surface area (Å²) in [6, 6.07) is 31.0. The second kappa shape index (κ2) is 67.6. The Morgan fingerprint density at radius 3 is 0.856 bits per heavy atom. The monoisotopic (exact) mass is 1460 g/mol. The van der Waals surface area contributed by atoms with Gasteiger partial charge in [0.15, 0.2) is 12.6 Å². The van der Waals surface area contributed by atoms with Gasteiger partial charge in [-0.3, -0.25) is 19.2 Å². The molecule has 20 nitrogen and oxygen atoms in total. The highest BCUT2D eigenvalue weighted by molar-refractivity contribution is 7.96. The highest BCUT2D eigenvalue weighted by Gasteiger charge is 2.31. The predicted octanol–water partition coefficient (Wildman–Crippen LogP) is 12.8. The first-order valence-corrected chi connectivity index (χ1v) is 34.9. The average Bonchev–Trinajstić information content (AvgIpc) is 0.741. The number of allylic oxidation sites excluding steroid dienone is 20. The van der Waals surface area contributed by atoms with Gasteiger partial charge in [-0.05, 0) is 166 Å². The van der Waals surface area contributed by atoms with Gasteiger partial charge in [0.25, 0.3) is 0 Å². The number of hydrogen-bond acceptors (Lipinski definition) is 20. The number of esters is 5. The third kappa shape index (κ3) is 48.8. The smallest absolute Gasteiger partial charge is 0.334 e. The van der Waals surface area contributed by atoms with Crippen LogP contribution >= 0.6 is 6.89 Å². The number of carbonyl (C=O) groups excluding carboxylic acids is 9. The number of hydrogen-bond donors (Lipinski definition) is 2. The standard InChI is InChI=1S/C23H23O2P.C14H20O4.C11H18O4.C10H16O2.C10H12O2.C9H12O3.C6H10O3/c1-3-25-23(24)19(2)26(20-13-7-4-8-14-20,21-15-9-5-10-16-21)22-17-11-6-12-18-22;1-5-17-13(15)11(3)9-7-8-10-12(4)14(16)18-6-2;1-5-15-11(12)9(2)7-6-8-10(13-3)14-4;2*1-9(7-11)5-3-4-6-10(2)8-12;1-3-12-9(11)8(2)6-4-5-7-10;1-8-6(9-2)4-3-5-7/h4-18H,3H2,1-2H3;7-10H,5-6H2,1-4H3;6-8,10H,5H2,1-4H3;3-6,11-12H,7-8H2,1-2H3;3-8H,1-2H3;4-7H,3H2,1-2H3;3-6H,1-2H3/b;8-7+,11-9+,12-10+;8-6+,9-7+;2*4-3+,9-5+,10-6+;5-4+,8-6+;4-3+. The molecule has 0 spiro atoms. The van der Waals surface area contributed by atoms with Crippen molar-refractivity contribution >= 4 is 83.1 Å². The third-order valence-corrected chi connectivity index (χ3v) is 17.1. The lowest BCUT2D eigenvalue weighted by atomic mass is 10.2. The minimum atomic E-state index is -2.29. The van der Waals surface area contributed by atoms with E-state index in [-0.39, 0.29) is 43.1 Å². The van der Waals surface area contributed by atoms with Gasteiger partial charge in [0.2, 0.25) is 0 Å². The lowest BCUT2D eigenvalue weighted by Crippen LogP contribution is -2.33. The number of benzene rings is 3. The molecular weight excluding hydrogens is 1350 g/mol. The molecule has 0 radical (unpaired) electrons. The Morgan fingerprint density at radius 1 is 0.346 bits per heavy atom. The molecule has 0 aliphatic heterocycles. The zero-order valence-electron chi connectivity index (χ0n) is 63.8. The van der Waals surface area contributed by atoms with Gasteiger partial charge in [0.05, 0.1) is 46.2 Å². The molecule has 0 bridgehead atoms. The van der Waals surface area contributed by atoms with E-state index in [1.54, 1.807) is 150 Å². The van der Waals surface area contributed by atoms with Gasteiger partial charge in [-0.2, -0.15) is 0 Å². The van der Waals surface area contributed by atoms with Crippen LogP contribution in [-0.2, 0) is 85.8 Å². The molecular formula is C83H111O20P. The maximum Gasteiger partial charge on any atom is 0.334 e. The fourth-order valence-electron chi connectivity index (χ4n) is 7.22. The van der Waals surface area contributed by atoms with E-state index in [4.69, 9.17) is 52.8 Å². The summed E-state index contributed by atoms with van der Waals surface area (Å²) < 4.78 is 43.9. The highest BCUT2D eigenvalue weighted by atomic mass is 31.2. The van der Waals surface area contributed by atoms with E-state index >= 15 is 0 Å². The summed E-state index contributed by atoms with van der Waals surface area (Å²) >= 11 is 0. The summed E-state index contributed by atoms with van der Waals surface area (Å²) in [7, 11) is 6.09. The molecule has 568 valence electrons. The summed E-state index contributed by atoms with van der Waals surface area (Å²) in [6.07, 6.45) is 35.1. The number of aldehydes is 4. The van der Waals surface area contributed by atoms with Gasteiger partial charge in [0, 0.05) is 56.0 Å². The topological polar surface area (TPSA) is 277 Å². The molecule has 0 aromatic heterocycles. The Bertz CT molecular complexity index is 3290. The van der Waals surface area contributed by atoms with Gasteiger partial charge in [-0.1, -0.05) is 188 Å². The molecule has 0 saturated heterocycles. The van der Waals surface area contributed by atoms with E-state index in [0.717, 1.165) is 44.9 Å². The number of aliphatic hydroxyl groups excluding tert-OH is 2. The Labute approximate surface area is 617 Å². The van der Waals surface area contributed by atoms with Crippen LogP contribution in [0, 0.1) is 0 Å². The fourth-order valence-corrected chi connectivity index (χ4v) is 11.5. The van der Waals surface area contributed by atoms with Crippen LogP contribution in [-0.4, -0.2) is 158 Å².